The summed E-state index contributed by atoms with van der Waals surface area (Å²) in [6, 6.07) is 34.7. The zero-order valence-electron chi connectivity index (χ0n) is 31.4. The van der Waals surface area contributed by atoms with Crippen LogP contribution in [0.25, 0.3) is 11.1 Å². The molecule has 0 atom stereocenters. The largest absolute Gasteiger partial charge is 0.288 e. The number of ketones is 4. The summed E-state index contributed by atoms with van der Waals surface area (Å²) in [5, 5.41) is 3.13. The van der Waals surface area contributed by atoms with Gasteiger partial charge in [-0.25, -0.2) is 0 Å². The van der Waals surface area contributed by atoms with Gasteiger partial charge in [0.05, 0.1) is 11.1 Å². The van der Waals surface area contributed by atoms with Gasteiger partial charge in [0.15, 0.2) is 23.1 Å². The average molecular weight is 705 g/mol. The molecule has 0 bridgehead atoms. The Kier molecular flexibility index (Phi) is 8.57. The third-order valence-electron chi connectivity index (χ3n) is 11.2. The molecule has 8 rings (SSSR count). The molecule has 0 amide bonds. The van der Waals surface area contributed by atoms with E-state index < -0.39 is 0 Å². The number of rotatable bonds is 4. The summed E-state index contributed by atoms with van der Waals surface area (Å²) in [6.45, 7) is 12.7. The number of fused-ring (bicyclic) bond motifs is 2. The van der Waals surface area contributed by atoms with Crippen molar-refractivity contribution in [1.29, 1.82) is 0 Å². The van der Waals surface area contributed by atoms with E-state index in [1.165, 1.54) is 44.5 Å². The van der Waals surface area contributed by atoms with Gasteiger partial charge >= 0.3 is 0 Å². The fraction of sp³-hybridized carbons (Fsp3) is 0.160. The number of benzene rings is 6. The first-order valence-corrected chi connectivity index (χ1v) is 18.4. The highest BCUT2D eigenvalue weighted by molar-refractivity contribution is 6.56. The van der Waals surface area contributed by atoms with Gasteiger partial charge in [-0.1, -0.05) is 108 Å². The second-order valence-corrected chi connectivity index (χ2v) is 15.0. The third-order valence-corrected chi connectivity index (χ3v) is 11.2. The van der Waals surface area contributed by atoms with Crippen LogP contribution in [-0.4, -0.2) is 23.1 Å². The maximum atomic E-state index is 13.7. The second-order valence-electron chi connectivity index (χ2n) is 15.0. The molecule has 0 unspecified atom stereocenters. The fourth-order valence-electron chi connectivity index (χ4n) is 8.70. The molecule has 4 nitrogen and oxygen atoms in total. The number of carbonyl (C=O) groups excluding carboxylic acids is 4. The van der Waals surface area contributed by atoms with Crippen molar-refractivity contribution in [1.82, 2.24) is 0 Å². The van der Waals surface area contributed by atoms with E-state index in [9.17, 15) is 19.2 Å². The van der Waals surface area contributed by atoms with Crippen LogP contribution in [-0.2, 0) is 12.8 Å². The lowest BCUT2D eigenvalue weighted by Crippen LogP contribution is -2.17. The predicted molar refractivity (Wildman–Crippen MR) is 214 cm³/mol. The average Bonchev–Trinajstić information content (AvgIpc) is 3.55. The first kappa shape index (κ1) is 34.8. The Morgan fingerprint density at radius 3 is 0.963 bits per heavy atom. The number of Topliss-reactive ketones (excluding diaryl/α,β-unsaturated/α-hetero) is 4. The molecule has 0 spiro atoms. The zero-order chi connectivity index (χ0) is 38.0. The molecule has 0 aliphatic heterocycles. The van der Waals surface area contributed by atoms with Crippen molar-refractivity contribution in [3.05, 3.63) is 208 Å². The van der Waals surface area contributed by atoms with Crippen molar-refractivity contribution in [2.75, 3.05) is 0 Å². The SMILES string of the molecule is Cc1cc(C)c(Cc2cc(=C3C(=O)c4ccccc4C3=O)cc/c2=c2/ccc(=C3C(=O)c4ccccc4C3=O)cc2Cc2c(C)cc(C)cc2C)c(C)c1. The minimum absolute atomic E-state index is 0.192. The molecule has 2 aliphatic rings. The van der Waals surface area contributed by atoms with Crippen LogP contribution in [0.2, 0.25) is 0 Å². The molecule has 0 saturated carbocycles. The lowest BCUT2D eigenvalue weighted by Gasteiger charge is -2.15. The predicted octanol–water partition coefficient (Wildman–Crippen LogP) is 8.47. The zero-order valence-corrected chi connectivity index (χ0v) is 31.4. The molecular formula is C50H40O4. The summed E-state index contributed by atoms with van der Waals surface area (Å²) in [5.74, 6) is -1.01. The standard InChI is InChI=1S/C50H40O4/c1-27-19-29(3)43(30(4)20-27)25-35-23-33(45-47(51)39-11-7-8-12-40(39)48(45)52)15-17-37(35)38-18-16-34(46-49(53)41-13-9-10-14-42(41)50(46)54)24-36(38)26-44-31(5)21-28(2)22-32(44)6/h7-24H,25-26H2,1-6H3/b38-37+. The van der Waals surface area contributed by atoms with Crippen LogP contribution in [0.5, 0.6) is 0 Å². The summed E-state index contributed by atoms with van der Waals surface area (Å²) in [6.07, 6.45) is 1.16. The Morgan fingerprint density at radius 1 is 0.370 bits per heavy atom. The van der Waals surface area contributed by atoms with Crippen molar-refractivity contribution < 1.29 is 19.2 Å². The Morgan fingerprint density at radius 2 is 0.667 bits per heavy atom. The van der Waals surface area contributed by atoms with Crippen molar-refractivity contribution in [2.24, 2.45) is 0 Å². The number of aryl methyl sites for hydroxylation is 6. The van der Waals surface area contributed by atoms with Gasteiger partial charge in [0, 0.05) is 22.3 Å². The number of carbonyl (C=O) groups is 4. The fourth-order valence-corrected chi connectivity index (χ4v) is 8.70. The molecule has 0 aromatic heterocycles. The van der Waals surface area contributed by atoms with E-state index >= 15 is 0 Å². The van der Waals surface area contributed by atoms with Crippen LogP contribution in [0.4, 0.5) is 0 Å². The van der Waals surface area contributed by atoms with Crippen LogP contribution in [0.3, 0.4) is 0 Å². The molecule has 0 heterocycles. The normalized spacial score (nSPS) is 14.3. The Hall–Kier alpha value is -6.26. The quantitative estimate of drug-likeness (QED) is 0.185. The topological polar surface area (TPSA) is 68.3 Å². The van der Waals surface area contributed by atoms with Crippen molar-refractivity contribution in [2.45, 2.75) is 54.4 Å². The molecule has 0 saturated heterocycles. The van der Waals surface area contributed by atoms with E-state index in [1.54, 1.807) is 48.5 Å². The van der Waals surface area contributed by atoms with Crippen LogP contribution < -0.4 is 10.4 Å². The number of hydrogen-bond acceptors (Lipinski definition) is 4. The molecule has 54 heavy (non-hydrogen) atoms. The van der Waals surface area contributed by atoms with Gasteiger partial charge in [0.1, 0.15) is 0 Å². The Labute approximate surface area is 314 Å². The summed E-state index contributed by atoms with van der Waals surface area (Å²) < 4.78 is 0. The van der Waals surface area contributed by atoms with E-state index in [4.69, 9.17) is 0 Å². The van der Waals surface area contributed by atoms with E-state index in [2.05, 4.69) is 65.8 Å². The minimum Gasteiger partial charge on any atom is -0.288 e. The van der Waals surface area contributed by atoms with Crippen LogP contribution in [0.15, 0.2) is 109 Å². The Bertz CT molecular complexity index is 2590. The Balaban J connectivity index is 1.45. The molecule has 6 aromatic carbocycles. The van der Waals surface area contributed by atoms with Gasteiger partial charge in [0.2, 0.25) is 0 Å². The van der Waals surface area contributed by atoms with Crippen molar-refractivity contribution >= 4 is 34.3 Å². The molecular weight excluding hydrogens is 665 g/mol. The van der Waals surface area contributed by atoms with Crippen molar-refractivity contribution in [3.63, 3.8) is 0 Å². The van der Waals surface area contributed by atoms with Gasteiger partial charge in [-0.15, -0.1) is 0 Å². The molecule has 0 N–H and O–H groups in total. The molecule has 0 radical (unpaired) electrons. The third kappa shape index (κ3) is 5.79. The van der Waals surface area contributed by atoms with Gasteiger partial charge < -0.3 is 0 Å². The molecule has 4 heteroatoms. The first-order chi connectivity index (χ1) is 25.9. The van der Waals surface area contributed by atoms with E-state index in [1.807, 2.05) is 36.4 Å². The van der Waals surface area contributed by atoms with Crippen LogP contribution in [0, 0.1) is 52.0 Å². The van der Waals surface area contributed by atoms with Gasteiger partial charge in [-0.05, 0) is 132 Å². The van der Waals surface area contributed by atoms with Crippen LogP contribution in [0.1, 0.15) is 97.1 Å². The second kappa shape index (κ2) is 13.3. The first-order valence-electron chi connectivity index (χ1n) is 18.4. The highest BCUT2D eigenvalue weighted by atomic mass is 16.2. The van der Waals surface area contributed by atoms with Crippen LogP contribution >= 0.6 is 0 Å². The monoisotopic (exact) mass is 704 g/mol. The van der Waals surface area contributed by atoms with Gasteiger partial charge in [0.25, 0.3) is 0 Å². The van der Waals surface area contributed by atoms with E-state index in [-0.39, 0.29) is 34.3 Å². The smallest absolute Gasteiger partial charge is 0.198 e. The molecule has 6 aromatic rings. The van der Waals surface area contributed by atoms with E-state index in [0.29, 0.717) is 45.5 Å². The van der Waals surface area contributed by atoms with E-state index in [0.717, 1.165) is 21.6 Å². The number of hydrogen-bond donors (Lipinski definition) is 0. The highest BCUT2D eigenvalue weighted by Gasteiger charge is 2.34. The maximum Gasteiger partial charge on any atom is 0.198 e. The van der Waals surface area contributed by atoms with Crippen molar-refractivity contribution in [3.8, 4) is 0 Å². The summed E-state index contributed by atoms with van der Waals surface area (Å²) >= 11 is 0. The highest BCUT2D eigenvalue weighted by Crippen LogP contribution is 2.29. The lowest BCUT2D eigenvalue weighted by molar-refractivity contribution is 0.101. The summed E-state index contributed by atoms with van der Waals surface area (Å²) in [5.41, 5.74) is 13.5. The molecule has 2 aliphatic carbocycles. The molecule has 0 fully saturated rings. The van der Waals surface area contributed by atoms with Gasteiger partial charge in [-0.2, -0.15) is 0 Å². The molecule has 264 valence electrons. The van der Waals surface area contributed by atoms with Gasteiger partial charge in [-0.3, -0.25) is 19.2 Å². The maximum absolute atomic E-state index is 13.7. The minimum atomic E-state index is -0.253. The summed E-state index contributed by atoms with van der Waals surface area (Å²) in [7, 11) is 0. The lowest BCUT2D eigenvalue weighted by atomic mass is 9.90. The summed E-state index contributed by atoms with van der Waals surface area (Å²) in [4.78, 5) is 54.8.